The number of hydrogen-bond donors (Lipinski definition) is 3. The molecule has 3 N–H and O–H groups in total. The first kappa shape index (κ1) is 17.5. The molecule has 2 aromatic rings. The van der Waals surface area contributed by atoms with Crippen molar-refractivity contribution in [1.82, 2.24) is 15.1 Å². The molecule has 6 heteroatoms. The fourth-order valence-electron chi connectivity index (χ4n) is 3.32. The normalized spacial score (nSPS) is 15.1. The molecule has 0 aliphatic heterocycles. The van der Waals surface area contributed by atoms with Crippen LogP contribution in [0.2, 0.25) is 0 Å². The molecule has 2 amide bonds. The molecule has 0 radical (unpaired) electrons. The second-order valence-electron chi connectivity index (χ2n) is 6.69. The zero-order chi connectivity index (χ0) is 17.6. The molecule has 0 atom stereocenters. The van der Waals surface area contributed by atoms with Crippen LogP contribution in [0.15, 0.2) is 30.3 Å². The number of amides is 2. The van der Waals surface area contributed by atoms with Crippen LogP contribution in [0.5, 0.6) is 0 Å². The van der Waals surface area contributed by atoms with E-state index < -0.39 is 0 Å². The minimum absolute atomic E-state index is 0.0265. The number of rotatable bonds is 5. The van der Waals surface area contributed by atoms with Crippen molar-refractivity contribution in [3.05, 3.63) is 47.2 Å². The summed E-state index contributed by atoms with van der Waals surface area (Å²) in [6.45, 7) is 2.41. The first-order valence-electron chi connectivity index (χ1n) is 8.95. The van der Waals surface area contributed by atoms with E-state index in [2.05, 4.69) is 15.7 Å². The standard InChI is InChI=1S/C19H26N4O2/c1-14-11-18(23(22-14)17-5-3-2-4-6-17)21-19(25)20-12-15-7-9-16(13-24)10-8-15/h7-11,17,24H,2-6,12-13H2,1H3,(H2,20,21,25). The van der Waals surface area contributed by atoms with Gasteiger partial charge in [-0.1, -0.05) is 43.5 Å². The maximum Gasteiger partial charge on any atom is 0.320 e. The van der Waals surface area contributed by atoms with E-state index in [1.165, 1.54) is 19.3 Å². The molecule has 25 heavy (non-hydrogen) atoms. The summed E-state index contributed by atoms with van der Waals surface area (Å²) in [5.41, 5.74) is 2.77. The van der Waals surface area contributed by atoms with Crippen LogP contribution in [0.25, 0.3) is 0 Å². The summed E-state index contributed by atoms with van der Waals surface area (Å²) >= 11 is 0. The minimum atomic E-state index is -0.233. The number of carbonyl (C=O) groups is 1. The third-order valence-electron chi connectivity index (χ3n) is 4.68. The number of urea groups is 1. The average molecular weight is 342 g/mol. The summed E-state index contributed by atoms with van der Waals surface area (Å²) in [5.74, 6) is 0.762. The van der Waals surface area contributed by atoms with E-state index >= 15 is 0 Å². The van der Waals surface area contributed by atoms with Gasteiger partial charge in [0.15, 0.2) is 0 Å². The number of benzene rings is 1. The fraction of sp³-hybridized carbons (Fsp3) is 0.474. The maximum absolute atomic E-state index is 12.2. The van der Waals surface area contributed by atoms with Crippen molar-refractivity contribution in [3.8, 4) is 0 Å². The predicted molar refractivity (Wildman–Crippen MR) is 97.3 cm³/mol. The highest BCUT2D eigenvalue weighted by Gasteiger charge is 2.20. The number of nitrogens with one attached hydrogen (secondary N) is 2. The van der Waals surface area contributed by atoms with Crippen LogP contribution in [0.4, 0.5) is 10.6 Å². The molecule has 3 rings (SSSR count). The van der Waals surface area contributed by atoms with Gasteiger partial charge in [0.05, 0.1) is 18.3 Å². The van der Waals surface area contributed by atoms with Crippen LogP contribution in [-0.4, -0.2) is 20.9 Å². The summed E-state index contributed by atoms with van der Waals surface area (Å²) in [7, 11) is 0. The Bertz CT molecular complexity index is 703. The molecule has 1 aliphatic rings. The number of nitrogens with zero attached hydrogens (tertiary/aromatic N) is 2. The largest absolute Gasteiger partial charge is 0.392 e. The molecular formula is C19H26N4O2. The molecule has 0 bridgehead atoms. The molecule has 0 spiro atoms. The van der Waals surface area contributed by atoms with Crippen molar-refractivity contribution >= 4 is 11.8 Å². The minimum Gasteiger partial charge on any atom is -0.392 e. The lowest BCUT2D eigenvalue weighted by molar-refractivity contribution is 0.251. The number of hydrogen-bond acceptors (Lipinski definition) is 3. The summed E-state index contributed by atoms with van der Waals surface area (Å²) in [4.78, 5) is 12.2. The number of aliphatic hydroxyl groups excluding tert-OH is 1. The van der Waals surface area contributed by atoms with Gasteiger partial charge in [-0.2, -0.15) is 5.10 Å². The van der Waals surface area contributed by atoms with Crippen molar-refractivity contribution in [3.63, 3.8) is 0 Å². The first-order valence-corrected chi connectivity index (χ1v) is 8.95. The summed E-state index contributed by atoms with van der Waals surface area (Å²) in [5, 5.41) is 19.4. The topological polar surface area (TPSA) is 79.2 Å². The molecule has 0 saturated heterocycles. The van der Waals surface area contributed by atoms with Crippen molar-refractivity contribution < 1.29 is 9.90 Å². The molecule has 0 unspecified atom stereocenters. The third kappa shape index (κ3) is 4.60. The zero-order valence-corrected chi connectivity index (χ0v) is 14.7. The second kappa shape index (κ2) is 8.16. The van der Waals surface area contributed by atoms with Gasteiger partial charge in [0.25, 0.3) is 0 Å². The molecule has 1 saturated carbocycles. The number of aliphatic hydroxyl groups is 1. The van der Waals surface area contributed by atoms with E-state index in [0.29, 0.717) is 12.6 Å². The maximum atomic E-state index is 12.2. The third-order valence-corrected chi connectivity index (χ3v) is 4.68. The van der Waals surface area contributed by atoms with Crippen LogP contribution in [0.3, 0.4) is 0 Å². The monoisotopic (exact) mass is 342 g/mol. The number of aryl methyl sites for hydroxylation is 1. The number of anilines is 1. The van der Waals surface area contributed by atoms with Crippen molar-refractivity contribution in [1.29, 1.82) is 0 Å². The lowest BCUT2D eigenvalue weighted by Gasteiger charge is -2.24. The first-order chi connectivity index (χ1) is 12.2. The van der Waals surface area contributed by atoms with Crippen molar-refractivity contribution in [2.24, 2.45) is 0 Å². The van der Waals surface area contributed by atoms with E-state index in [1.807, 2.05) is 41.9 Å². The van der Waals surface area contributed by atoms with Crippen molar-refractivity contribution in [2.45, 2.75) is 58.2 Å². The van der Waals surface area contributed by atoms with Gasteiger partial charge >= 0.3 is 6.03 Å². The van der Waals surface area contributed by atoms with E-state index in [1.54, 1.807) is 0 Å². The summed E-state index contributed by atoms with van der Waals surface area (Å²) in [6.07, 6.45) is 5.97. The van der Waals surface area contributed by atoms with Gasteiger partial charge in [0.2, 0.25) is 0 Å². The van der Waals surface area contributed by atoms with Gasteiger partial charge in [-0.15, -0.1) is 0 Å². The van der Waals surface area contributed by atoms with Crippen LogP contribution in [-0.2, 0) is 13.2 Å². The SMILES string of the molecule is Cc1cc(NC(=O)NCc2ccc(CO)cc2)n(C2CCCCC2)n1. The predicted octanol–water partition coefficient (Wildman–Crippen LogP) is 3.51. The molecule has 1 aliphatic carbocycles. The molecule has 6 nitrogen and oxygen atoms in total. The lowest BCUT2D eigenvalue weighted by atomic mass is 9.96. The molecule has 1 aromatic carbocycles. The second-order valence-corrected chi connectivity index (χ2v) is 6.69. The Morgan fingerprint density at radius 1 is 1.20 bits per heavy atom. The van der Waals surface area contributed by atoms with E-state index in [9.17, 15) is 4.79 Å². The number of aromatic nitrogens is 2. The Balaban J connectivity index is 1.58. The summed E-state index contributed by atoms with van der Waals surface area (Å²) < 4.78 is 1.98. The van der Waals surface area contributed by atoms with Crippen LogP contribution in [0, 0.1) is 6.92 Å². The molecule has 1 fully saturated rings. The average Bonchev–Trinajstić information content (AvgIpc) is 3.01. The molecule has 134 valence electrons. The van der Waals surface area contributed by atoms with Gasteiger partial charge in [0.1, 0.15) is 5.82 Å². The van der Waals surface area contributed by atoms with Crippen LogP contribution in [0.1, 0.15) is 55.0 Å². The Morgan fingerprint density at radius 3 is 2.56 bits per heavy atom. The molecule has 1 heterocycles. The van der Waals surface area contributed by atoms with Gasteiger partial charge in [-0.3, -0.25) is 5.32 Å². The van der Waals surface area contributed by atoms with E-state index in [0.717, 1.165) is 35.5 Å². The van der Waals surface area contributed by atoms with Gasteiger partial charge in [-0.05, 0) is 30.9 Å². The summed E-state index contributed by atoms with van der Waals surface area (Å²) in [6, 6.07) is 9.59. The Hall–Kier alpha value is -2.34. The molecular weight excluding hydrogens is 316 g/mol. The Kier molecular flexibility index (Phi) is 5.71. The highest BCUT2D eigenvalue weighted by Crippen LogP contribution is 2.30. The zero-order valence-electron chi connectivity index (χ0n) is 14.7. The fourth-order valence-corrected chi connectivity index (χ4v) is 3.32. The highest BCUT2D eigenvalue weighted by molar-refractivity contribution is 5.88. The van der Waals surface area contributed by atoms with Gasteiger partial charge in [-0.25, -0.2) is 9.48 Å². The Morgan fingerprint density at radius 2 is 1.88 bits per heavy atom. The van der Waals surface area contributed by atoms with E-state index in [-0.39, 0.29) is 12.6 Å². The van der Waals surface area contributed by atoms with Gasteiger partial charge < -0.3 is 10.4 Å². The van der Waals surface area contributed by atoms with Crippen LogP contribution < -0.4 is 10.6 Å². The van der Waals surface area contributed by atoms with Crippen molar-refractivity contribution in [2.75, 3.05) is 5.32 Å². The van der Waals surface area contributed by atoms with Crippen LogP contribution >= 0.6 is 0 Å². The quantitative estimate of drug-likeness (QED) is 0.778. The number of carbonyl (C=O) groups excluding carboxylic acids is 1. The smallest absolute Gasteiger partial charge is 0.320 e. The lowest BCUT2D eigenvalue weighted by Crippen LogP contribution is -2.30. The highest BCUT2D eigenvalue weighted by atomic mass is 16.3. The molecule has 1 aromatic heterocycles. The Labute approximate surface area is 148 Å². The van der Waals surface area contributed by atoms with E-state index in [4.69, 9.17) is 5.11 Å². The van der Waals surface area contributed by atoms with Gasteiger partial charge in [0, 0.05) is 12.6 Å².